The lowest BCUT2D eigenvalue weighted by Crippen LogP contribution is -2.51. The zero-order valence-electron chi connectivity index (χ0n) is 29.8. The number of carbonyl (C=O) groups excluding carboxylic acids is 3. The van der Waals surface area contributed by atoms with Gasteiger partial charge in [0.1, 0.15) is 30.5 Å². The molecule has 1 aliphatic rings. The molecule has 1 aliphatic carbocycles. The van der Waals surface area contributed by atoms with Crippen LogP contribution in [-0.4, -0.2) is 37.7 Å². The van der Waals surface area contributed by atoms with E-state index in [1.54, 1.807) is 31.4 Å². The van der Waals surface area contributed by atoms with Crippen molar-refractivity contribution in [1.82, 2.24) is 10.6 Å². The number of ether oxygens (including phenoxy) is 3. The van der Waals surface area contributed by atoms with E-state index in [9.17, 15) is 14.4 Å². The number of methoxy groups -OCH3 is 1. The molecule has 2 N–H and O–H groups in total. The lowest BCUT2D eigenvalue weighted by molar-refractivity contribution is -0.149. The van der Waals surface area contributed by atoms with Crippen LogP contribution in [0, 0.1) is 0 Å². The van der Waals surface area contributed by atoms with Crippen molar-refractivity contribution in [3.05, 3.63) is 197 Å². The smallest absolute Gasteiger partial charge is 0.407 e. The largest absolute Gasteiger partial charge is 0.497 e. The summed E-state index contributed by atoms with van der Waals surface area (Å²) in [7, 11) is 1.57. The monoisotopic (exact) mass is 732 g/mol. The zero-order chi connectivity index (χ0) is 37.3. The fraction of sp³-hybridized carbons (Fsp3) is 0.170. The van der Waals surface area contributed by atoms with Crippen LogP contribution in [0.4, 0.5) is 4.79 Å². The molecule has 55 heavy (non-hydrogen) atoms. The highest BCUT2D eigenvalue weighted by Gasteiger charge is 2.39. The normalized spacial score (nSPS) is 12.2. The summed E-state index contributed by atoms with van der Waals surface area (Å²) in [4.78, 5) is 41.6. The highest BCUT2D eigenvalue weighted by molar-refractivity contribution is 5.89. The number of hydrogen-bond acceptors (Lipinski definition) is 6. The quantitative estimate of drug-likeness (QED) is 0.0910. The van der Waals surface area contributed by atoms with Crippen LogP contribution in [0.25, 0.3) is 11.1 Å². The van der Waals surface area contributed by atoms with Crippen LogP contribution < -0.4 is 15.4 Å². The van der Waals surface area contributed by atoms with Crippen molar-refractivity contribution in [2.75, 3.05) is 13.7 Å². The van der Waals surface area contributed by atoms with Gasteiger partial charge in [-0.3, -0.25) is 4.79 Å². The van der Waals surface area contributed by atoms with Crippen molar-refractivity contribution in [2.45, 2.75) is 38.0 Å². The molecule has 8 nitrogen and oxygen atoms in total. The molecule has 0 radical (unpaired) electrons. The Labute approximate surface area is 322 Å². The molecule has 0 saturated carbocycles. The molecule has 0 fully saturated rings. The molecule has 0 saturated heterocycles. The number of carbonyl (C=O) groups is 3. The maximum atomic E-state index is 14.3. The zero-order valence-corrected chi connectivity index (χ0v) is 29.8. The summed E-state index contributed by atoms with van der Waals surface area (Å²) >= 11 is 0. The number of hydrogen-bond donors (Lipinski definition) is 2. The Morgan fingerprint density at radius 1 is 0.618 bits per heavy atom. The van der Waals surface area contributed by atoms with Gasteiger partial charge in [-0.05, 0) is 56.6 Å². The van der Waals surface area contributed by atoms with Gasteiger partial charge in [-0.2, -0.15) is 0 Å². The van der Waals surface area contributed by atoms with Gasteiger partial charge in [0.2, 0.25) is 5.91 Å². The third-order valence-corrected chi connectivity index (χ3v) is 9.80. The second kappa shape index (κ2) is 17.4. The van der Waals surface area contributed by atoms with Crippen LogP contribution >= 0.6 is 0 Å². The molecule has 8 heteroatoms. The van der Waals surface area contributed by atoms with Crippen molar-refractivity contribution < 1.29 is 28.6 Å². The second-order valence-electron chi connectivity index (χ2n) is 13.1. The molecule has 1 atom stereocenters. The minimum Gasteiger partial charge on any atom is -0.497 e. The number of rotatable bonds is 13. The molecule has 2 amide bonds. The van der Waals surface area contributed by atoms with Gasteiger partial charge in [-0.15, -0.1) is 0 Å². The lowest BCUT2D eigenvalue weighted by Gasteiger charge is -2.37. The standard InChI is InChI=1S/C46H40N2O6.CH4/c1-52-36-27-25-32(26-28-36)30-53-44(50)42(47-45(51)54-31-41-39-23-13-11-21-37(39)38-22-12-14-24-40(38)41)29-43(49)48-46(33-15-5-2-6-16-33,34-17-7-3-8-18-34)35-19-9-4-10-20-35;/h2-28,41-42H,29-31H2,1H3,(H,47,51)(H,48,49);1H4/t42-;/m0./s1. The van der Waals surface area contributed by atoms with E-state index < -0.39 is 36.0 Å². The number of fused-ring (bicyclic) bond motifs is 3. The molecular formula is C47H44N2O6. The predicted molar refractivity (Wildman–Crippen MR) is 213 cm³/mol. The van der Waals surface area contributed by atoms with E-state index in [0.29, 0.717) is 11.3 Å². The maximum Gasteiger partial charge on any atom is 0.407 e. The third kappa shape index (κ3) is 8.29. The molecular weight excluding hydrogens is 689 g/mol. The average molecular weight is 733 g/mol. The van der Waals surface area contributed by atoms with Crippen molar-refractivity contribution in [2.24, 2.45) is 0 Å². The fourth-order valence-electron chi connectivity index (χ4n) is 7.18. The van der Waals surface area contributed by atoms with Gasteiger partial charge >= 0.3 is 12.1 Å². The summed E-state index contributed by atoms with van der Waals surface area (Å²) in [5.74, 6) is -0.790. The minimum absolute atomic E-state index is 0. The van der Waals surface area contributed by atoms with Gasteiger partial charge in [-0.25, -0.2) is 9.59 Å². The summed E-state index contributed by atoms with van der Waals surface area (Å²) < 4.78 is 16.7. The Kier molecular flexibility index (Phi) is 12.1. The number of esters is 1. The highest BCUT2D eigenvalue weighted by atomic mass is 16.6. The molecule has 0 aliphatic heterocycles. The van der Waals surface area contributed by atoms with E-state index in [0.717, 1.165) is 38.9 Å². The predicted octanol–water partition coefficient (Wildman–Crippen LogP) is 8.78. The molecule has 0 bridgehead atoms. The first kappa shape index (κ1) is 38.1. The maximum absolute atomic E-state index is 14.3. The van der Waals surface area contributed by atoms with Gasteiger partial charge in [0.15, 0.2) is 0 Å². The molecule has 0 spiro atoms. The van der Waals surface area contributed by atoms with E-state index in [4.69, 9.17) is 14.2 Å². The number of nitrogens with one attached hydrogen (secondary N) is 2. The number of alkyl carbamates (subject to hydrolysis) is 1. The van der Waals surface area contributed by atoms with Gasteiger partial charge in [-0.1, -0.05) is 159 Å². The third-order valence-electron chi connectivity index (χ3n) is 9.80. The molecule has 0 aromatic heterocycles. The van der Waals surface area contributed by atoms with Gasteiger partial charge in [0.25, 0.3) is 0 Å². The van der Waals surface area contributed by atoms with Crippen LogP contribution in [0.15, 0.2) is 164 Å². The summed E-state index contributed by atoms with van der Waals surface area (Å²) in [6.45, 7) is -0.0336. The fourth-order valence-corrected chi connectivity index (χ4v) is 7.18. The molecule has 0 unspecified atom stereocenters. The Balaban J connectivity index is 0.00000514. The first-order valence-corrected chi connectivity index (χ1v) is 17.8. The summed E-state index contributed by atoms with van der Waals surface area (Å²) in [5.41, 5.74) is 6.35. The van der Waals surface area contributed by atoms with Crippen molar-refractivity contribution in [3.63, 3.8) is 0 Å². The number of amides is 2. The van der Waals surface area contributed by atoms with Gasteiger partial charge in [0, 0.05) is 5.92 Å². The van der Waals surface area contributed by atoms with Crippen LogP contribution in [0.5, 0.6) is 5.75 Å². The van der Waals surface area contributed by atoms with Crippen molar-refractivity contribution in [3.8, 4) is 16.9 Å². The first-order valence-electron chi connectivity index (χ1n) is 17.8. The first-order chi connectivity index (χ1) is 26.5. The van der Waals surface area contributed by atoms with Crippen LogP contribution in [0.1, 0.15) is 53.1 Å². The van der Waals surface area contributed by atoms with Crippen LogP contribution in [-0.2, 0) is 31.2 Å². The summed E-state index contributed by atoms with van der Waals surface area (Å²) in [6, 6.07) is 50.8. The minimum atomic E-state index is -1.36. The second-order valence-corrected chi connectivity index (χ2v) is 13.1. The molecule has 0 heterocycles. The number of benzene rings is 6. The summed E-state index contributed by atoms with van der Waals surface area (Å²) in [5, 5.41) is 5.93. The van der Waals surface area contributed by atoms with Crippen molar-refractivity contribution >= 4 is 18.0 Å². The van der Waals surface area contributed by atoms with E-state index in [1.807, 2.05) is 127 Å². The van der Waals surface area contributed by atoms with E-state index in [1.165, 1.54) is 0 Å². The van der Waals surface area contributed by atoms with Crippen LogP contribution in [0.3, 0.4) is 0 Å². The highest BCUT2D eigenvalue weighted by Crippen LogP contribution is 2.44. The lowest BCUT2D eigenvalue weighted by atomic mass is 9.77. The topological polar surface area (TPSA) is 103 Å². The van der Waals surface area contributed by atoms with E-state index >= 15 is 0 Å². The van der Waals surface area contributed by atoms with Crippen LogP contribution in [0.2, 0.25) is 0 Å². The van der Waals surface area contributed by atoms with Crippen molar-refractivity contribution in [1.29, 1.82) is 0 Å². The molecule has 278 valence electrons. The molecule has 7 rings (SSSR count). The SMILES string of the molecule is C.COc1ccc(COC(=O)[C@H](CC(=O)NC(c2ccccc2)(c2ccccc2)c2ccccc2)NC(=O)OCC2c3ccccc3-c3ccccc32)cc1. The van der Waals surface area contributed by atoms with E-state index in [-0.39, 0.29) is 26.6 Å². The Bertz CT molecular complexity index is 2070. The molecule has 6 aromatic rings. The average Bonchev–Trinajstić information content (AvgIpc) is 3.55. The Morgan fingerprint density at radius 3 is 1.58 bits per heavy atom. The van der Waals surface area contributed by atoms with E-state index in [2.05, 4.69) is 22.8 Å². The molecule has 6 aromatic carbocycles. The van der Waals surface area contributed by atoms with Gasteiger partial charge < -0.3 is 24.8 Å². The Hall–Kier alpha value is -6.67. The summed E-state index contributed by atoms with van der Waals surface area (Å²) in [6.07, 6.45) is -1.25. The van der Waals surface area contributed by atoms with Gasteiger partial charge in [0.05, 0.1) is 13.5 Å². The Morgan fingerprint density at radius 2 is 1.09 bits per heavy atom.